The van der Waals surface area contributed by atoms with E-state index in [4.69, 9.17) is 5.11 Å². The van der Waals surface area contributed by atoms with Crippen molar-refractivity contribution in [1.82, 2.24) is 10.6 Å². The van der Waals surface area contributed by atoms with E-state index >= 15 is 0 Å². The van der Waals surface area contributed by atoms with Crippen molar-refractivity contribution >= 4 is 5.91 Å². The van der Waals surface area contributed by atoms with Crippen LogP contribution in [0.3, 0.4) is 0 Å². The van der Waals surface area contributed by atoms with Crippen LogP contribution in [0, 0.1) is 0 Å². The Hall–Kier alpha value is -0.610. The lowest BCUT2D eigenvalue weighted by atomic mass is 10.4. The number of aliphatic hydroxyl groups is 1. The topological polar surface area (TPSA) is 61.4 Å². The molecule has 4 heteroatoms. The Kier molecular flexibility index (Phi) is 5.78. The highest BCUT2D eigenvalue weighted by Gasteiger charge is 1.95. The van der Waals surface area contributed by atoms with E-state index in [0.29, 0.717) is 12.6 Å². The van der Waals surface area contributed by atoms with Crippen molar-refractivity contribution in [3.63, 3.8) is 0 Å². The van der Waals surface area contributed by atoms with Gasteiger partial charge in [-0.05, 0) is 0 Å². The second kappa shape index (κ2) is 6.12. The zero-order valence-corrected chi connectivity index (χ0v) is 7.05. The minimum absolute atomic E-state index is 0.324. The van der Waals surface area contributed by atoms with E-state index in [0.717, 1.165) is 6.54 Å². The maximum Gasteiger partial charge on any atom is 0.245 e. The van der Waals surface area contributed by atoms with E-state index in [1.807, 2.05) is 13.8 Å². The van der Waals surface area contributed by atoms with E-state index in [2.05, 4.69) is 10.6 Å². The van der Waals surface area contributed by atoms with Gasteiger partial charge in [-0.3, -0.25) is 4.79 Å². The monoisotopic (exact) mass is 160 g/mol. The van der Waals surface area contributed by atoms with Crippen molar-refractivity contribution < 1.29 is 9.90 Å². The summed E-state index contributed by atoms with van der Waals surface area (Å²) in [7, 11) is 0. The van der Waals surface area contributed by atoms with Gasteiger partial charge in [-0.25, -0.2) is 0 Å². The highest BCUT2D eigenvalue weighted by molar-refractivity contribution is 5.76. The van der Waals surface area contributed by atoms with Crippen molar-refractivity contribution in [3.8, 4) is 0 Å². The van der Waals surface area contributed by atoms with Crippen LogP contribution in [0.25, 0.3) is 0 Å². The molecule has 0 aliphatic carbocycles. The first-order valence-corrected chi connectivity index (χ1v) is 3.77. The molecule has 0 fully saturated rings. The first kappa shape index (κ1) is 10.4. The molecule has 11 heavy (non-hydrogen) atoms. The van der Waals surface area contributed by atoms with E-state index in [-0.39, 0.29) is 5.91 Å². The molecule has 0 rings (SSSR count). The van der Waals surface area contributed by atoms with Gasteiger partial charge in [-0.15, -0.1) is 0 Å². The predicted octanol–water partition coefficient (Wildman–Crippen LogP) is -0.907. The Bertz CT molecular complexity index is 115. The van der Waals surface area contributed by atoms with E-state index in [1.54, 1.807) is 0 Å². The van der Waals surface area contributed by atoms with Crippen molar-refractivity contribution in [2.75, 3.05) is 19.7 Å². The molecule has 66 valence electrons. The standard InChI is InChI=1S/C7H16N2O2/c1-6(2)8-3-4-9-7(11)5-10/h6,8,10H,3-5H2,1-2H3,(H,9,11). The smallest absolute Gasteiger partial charge is 0.245 e. The molecular weight excluding hydrogens is 144 g/mol. The van der Waals surface area contributed by atoms with Gasteiger partial charge in [-0.2, -0.15) is 0 Å². The number of nitrogens with one attached hydrogen (secondary N) is 2. The number of rotatable bonds is 5. The number of hydrogen-bond acceptors (Lipinski definition) is 3. The number of carbonyl (C=O) groups excluding carboxylic acids is 1. The maximum absolute atomic E-state index is 10.5. The van der Waals surface area contributed by atoms with E-state index in [9.17, 15) is 4.79 Å². The molecule has 3 N–H and O–H groups in total. The first-order chi connectivity index (χ1) is 5.16. The summed E-state index contributed by atoms with van der Waals surface area (Å²) in [5, 5.41) is 14.0. The third-order valence-corrected chi connectivity index (χ3v) is 1.14. The summed E-state index contributed by atoms with van der Waals surface area (Å²) < 4.78 is 0. The SMILES string of the molecule is CC(C)NCCNC(=O)CO. The number of carbonyl (C=O) groups is 1. The molecule has 0 heterocycles. The van der Waals surface area contributed by atoms with Gasteiger partial charge in [-0.1, -0.05) is 13.8 Å². The molecule has 0 saturated carbocycles. The normalized spacial score (nSPS) is 10.2. The number of amides is 1. The molecule has 0 spiro atoms. The summed E-state index contributed by atoms with van der Waals surface area (Å²) in [5.74, 6) is -0.324. The lowest BCUT2D eigenvalue weighted by Crippen LogP contribution is -2.35. The first-order valence-electron chi connectivity index (χ1n) is 3.77. The molecule has 0 atom stereocenters. The van der Waals surface area contributed by atoms with Crippen molar-refractivity contribution in [3.05, 3.63) is 0 Å². The Morgan fingerprint density at radius 1 is 1.45 bits per heavy atom. The maximum atomic E-state index is 10.5. The molecule has 1 amide bonds. The Balaban J connectivity index is 3.08. The van der Waals surface area contributed by atoms with Crippen molar-refractivity contribution in [1.29, 1.82) is 0 Å². The molecule has 0 unspecified atom stereocenters. The molecule has 0 aliphatic heterocycles. The van der Waals surface area contributed by atoms with Crippen LogP contribution in [0.1, 0.15) is 13.8 Å². The average Bonchev–Trinajstić information content (AvgIpc) is 1.97. The fraction of sp³-hybridized carbons (Fsp3) is 0.857. The van der Waals surface area contributed by atoms with Crippen LogP contribution < -0.4 is 10.6 Å². The quantitative estimate of drug-likeness (QED) is 0.456. The predicted molar refractivity (Wildman–Crippen MR) is 43.2 cm³/mol. The highest BCUT2D eigenvalue weighted by atomic mass is 16.3. The molecule has 0 saturated heterocycles. The zero-order valence-electron chi connectivity index (χ0n) is 7.05. The molecule has 0 radical (unpaired) electrons. The van der Waals surface area contributed by atoms with Crippen LogP contribution in [0.2, 0.25) is 0 Å². The molecule has 4 nitrogen and oxygen atoms in total. The van der Waals surface area contributed by atoms with Gasteiger partial charge in [0.1, 0.15) is 6.61 Å². The van der Waals surface area contributed by atoms with E-state index in [1.165, 1.54) is 0 Å². The summed E-state index contributed by atoms with van der Waals surface area (Å²) in [5.41, 5.74) is 0. The Morgan fingerprint density at radius 3 is 2.55 bits per heavy atom. The third-order valence-electron chi connectivity index (χ3n) is 1.14. The zero-order chi connectivity index (χ0) is 8.69. The van der Waals surface area contributed by atoms with Crippen molar-refractivity contribution in [2.45, 2.75) is 19.9 Å². The minimum Gasteiger partial charge on any atom is -0.387 e. The molecule has 0 bridgehead atoms. The Morgan fingerprint density at radius 2 is 2.09 bits per heavy atom. The van der Waals surface area contributed by atoms with E-state index < -0.39 is 6.61 Å². The molecular formula is C7H16N2O2. The van der Waals surface area contributed by atoms with Crippen LogP contribution in [0.4, 0.5) is 0 Å². The van der Waals surface area contributed by atoms with Gasteiger partial charge in [0, 0.05) is 19.1 Å². The van der Waals surface area contributed by atoms with Crippen LogP contribution in [0.5, 0.6) is 0 Å². The summed E-state index contributed by atoms with van der Waals surface area (Å²) in [6.07, 6.45) is 0. The van der Waals surface area contributed by atoms with Gasteiger partial charge in [0.25, 0.3) is 0 Å². The van der Waals surface area contributed by atoms with Gasteiger partial charge >= 0.3 is 0 Å². The summed E-state index contributed by atoms with van der Waals surface area (Å²) in [4.78, 5) is 10.5. The molecule has 0 aromatic rings. The second-order valence-corrected chi connectivity index (χ2v) is 2.62. The lowest BCUT2D eigenvalue weighted by Gasteiger charge is -2.07. The number of hydrogen-bond donors (Lipinski definition) is 3. The molecule has 0 aliphatic rings. The minimum atomic E-state index is -0.429. The summed E-state index contributed by atoms with van der Waals surface area (Å²) in [6, 6.07) is 0.432. The summed E-state index contributed by atoms with van der Waals surface area (Å²) in [6.45, 7) is 4.95. The average molecular weight is 160 g/mol. The fourth-order valence-corrected chi connectivity index (χ4v) is 0.619. The highest BCUT2D eigenvalue weighted by Crippen LogP contribution is 1.72. The van der Waals surface area contributed by atoms with Gasteiger partial charge in [0.05, 0.1) is 0 Å². The fourth-order valence-electron chi connectivity index (χ4n) is 0.619. The van der Waals surface area contributed by atoms with Crippen LogP contribution in [0.15, 0.2) is 0 Å². The van der Waals surface area contributed by atoms with Crippen molar-refractivity contribution in [2.24, 2.45) is 0 Å². The largest absolute Gasteiger partial charge is 0.387 e. The number of aliphatic hydroxyl groups excluding tert-OH is 1. The third kappa shape index (κ3) is 7.29. The van der Waals surface area contributed by atoms with Crippen LogP contribution in [-0.4, -0.2) is 36.8 Å². The Labute approximate surface area is 67.0 Å². The lowest BCUT2D eigenvalue weighted by molar-refractivity contribution is -0.123. The van der Waals surface area contributed by atoms with Gasteiger partial charge in [0.15, 0.2) is 0 Å². The van der Waals surface area contributed by atoms with Crippen LogP contribution in [-0.2, 0) is 4.79 Å². The van der Waals surface area contributed by atoms with Crippen LogP contribution >= 0.6 is 0 Å². The molecule has 0 aromatic heterocycles. The van der Waals surface area contributed by atoms with Gasteiger partial charge < -0.3 is 15.7 Å². The second-order valence-electron chi connectivity index (χ2n) is 2.62. The molecule has 0 aromatic carbocycles. The summed E-state index contributed by atoms with van der Waals surface area (Å²) >= 11 is 0. The van der Waals surface area contributed by atoms with Gasteiger partial charge in [0.2, 0.25) is 5.91 Å².